The molecule has 2 heterocycles. The van der Waals surface area contributed by atoms with E-state index in [0.717, 1.165) is 5.56 Å². The number of nitrogens with one attached hydrogen (secondary N) is 1. The van der Waals surface area contributed by atoms with Crippen LogP contribution in [0.4, 0.5) is 32.2 Å². The summed E-state index contributed by atoms with van der Waals surface area (Å²) >= 11 is 7.07. The van der Waals surface area contributed by atoms with Crippen LogP contribution in [0.1, 0.15) is 27.2 Å². The van der Waals surface area contributed by atoms with Gasteiger partial charge in [0.2, 0.25) is 5.13 Å². The van der Waals surface area contributed by atoms with Crippen LogP contribution in [0.2, 0.25) is 5.02 Å². The van der Waals surface area contributed by atoms with Crippen molar-refractivity contribution in [2.24, 2.45) is 0 Å². The van der Waals surface area contributed by atoms with E-state index in [9.17, 15) is 31.1 Å². The number of thiazole rings is 1. The molecule has 1 N–H and O–H groups in total. The summed E-state index contributed by atoms with van der Waals surface area (Å²) in [7, 11) is 0. The maximum absolute atomic E-state index is 13.2. The van der Waals surface area contributed by atoms with E-state index in [1.165, 1.54) is 22.1 Å². The molecule has 0 aliphatic carbocycles. The SMILES string of the molecule is Cc1cc(NC(=O)c2cc(C(F)(F)F)cc(C(F)(F)F)c2)n(-c2nc(-c3ccc(Cl)cc3)cs2)n1. The normalized spacial score (nSPS) is 12.1. The third-order valence-corrected chi connectivity index (χ3v) is 5.80. The molecule has 0 saturated carbocycles. The lowest BCUT2D eigenvalue weighted by atomic mass is 10.0. The van der Waals surface area contributed by atoms with Gasteiger partial charge in [0.1, 0.15) is 5.82 Å². The standard InChI is InChI=1S/C22H13ClF6N4OS/c1-11-6-18(33(32-11)20-30-17(10-35-20)12-2-4-16(23)5-3-12)31-19(34)13-7-14(21(24,25)26)9-15(8-13)22(27,28)29/h2-10H,1H3,(H,31,34). The van der Waals surface area contributed by atoms with Gasteiger partial charge >= 0.3 is 12.4 Å². The molecule has 0 spiro atoms. The minimum atomic E-state index is -5.08. The van der Waals surface area contributed by atoms with Crippen LogP contribution >= 0.6 is 22.9 Å². The highest BCUT2D eigenvalue weighted by atomic mass is 35.5. The van der Waals surface area contributed by atoms with Gasteiger partial charge < -0.3 is 5.32 Å². The third-order valence-electron chi connectivity index (χ3n) is 4.74. The largest absolute Gasteiger partial charge is 0.416 e. The Kier molecular flexibility index (Phi) is 6.36. The highest BCUT2D eigenvalue weighted by Crippen LogP contribution is 2.36. The second-order valence-electron chi connectivity index (χ2n) is 7.35. The van der Waals surface area contributed by atoms with Crippen molar-refractivity contribution in [3.63, 3.8) is 0 Å². The molecule has 0 radical (unpaired) electrons. The molecule has 2 aromatic carbocycles. The third kappa shape index (κ3) is 5.49. The second kappa shape index (κ2) is 9.00. The maximum atomic E-state index is 13.2. The van der Waals surface area contributed by atoms with Crippen molar-refractivity contribution >= 4 is 34.7 Å². The Morgan fingerprint density at radius 1 is 0.971 bits per heavy atom. The van der Waals surface area contributed by atoms with Gasteiger partial charge in [-0.2, -0.15) is 36.1 Å². The van der Waals surface area contributed by atoms with Gasteiger partial charge in [0.15, 0.2) is 0 Å². The first kappa shape index (κ1) is 24.7. The lowest BCUT2D eigenvalue weighted by molar-refractivity contribution is -0.143. The van der Waals surface area contributed by atoms with E-state index in [-0.39, 0.29) is 11.9 Å². The summed E-state index contributed by atoms with van der Waals surface area (Å²) in [6, 6.07) is 8.97. The molecule has 13 heteroatoms. The van der Waals surface area contributed by atoms with E-state index in [1.807, 2.05) is 0 Å². The number of halogens is 7. The van der Waals surface area contributed by atoms with Gasteiger partial charge in [0, 0.05) is 27.6 Å². The van der Waals surface area contributed by atoms with Crippen molar-refractivity contribution < 1.29 is 31.1 Å². The van der Waals surface area contributed by atoms with Crippen LogP contribution in [0.5, 0.6) is 0 Å². The fourth-order valence-corrected chi connectivity index (χ4v) is 4.05. The molecule has 182 valence electrons. The molecule has 0 unspecified atom stereocenters. The zero-order chi connectivity index (χ0) is 25.5. The summed E-state index contributed by atoms with van der Waals surface area (Å²) in [6.45, 7) is 1.60. The maximum Gasteiger partial charge on any atom is 0.416 e. The van der Waals surface area contributed by atoms with Crippen LogP contribution in [-0.2, 0) is 12.4 Å². The first-order chi connectivity index (χ1) is 16.3. The smallest absolute Gasteiger partial charge is 0.306 e. The molecule has 0 bridgehead atoms. The number of anilines is 1. The minimum Gasteiger partial charge on any atom is -0.306 e. The number of alkyl halides is 6. The van der Waals surface area contributed by atoms with E-state index >= 15 is 0 Å². The van der Waals surface area contributed by atoms with Crippen LogP contribution in [0.3, 0.4) is 0 Å². The fourth-order valence-electron chi connectivity index (χ4n) is 3.12. The summed E-state index contributed by atoms with van der Waals surface area (Å²) in [5, 5.41) is 9.15. The van der Waals surface area contributed by atoms with Gasteiger partial charge in [-0.1, -0.05) is 23.7 Å². The molecule has 0 aliphatic rings. The van der Waals surface area contributed by atoms with Crippen LogP contribution in [-0.4, -0.2) is 20.7 Å². The van der Waals surface area contributed by atoms with Gasteiger partial charge in [0.25, 0.3) is 5.91 Å². The van der Waals surface area contributed by atoms with E-state index in [0.29, 0.717) is 33.7 Å². The summed E-state index contributed by atoms with van der Waals surface area (Å²) in [5.41, 5.74) is -2.21. The Bertz CT molecular complexity index is 1360. The number of aromatic nitrogens is 3. The van der Waals surface area contributed by atoms with Crippen molar-refractivity contribution in [1.82, 2.24) is 14.8 Å². The van der Waals surface area contributed by atoms with Crippen molar-refractivity contribution in [3.05, 3.63) is 81.3 Å². The molecule has 4 aromatic rings. The van der Waals surface area contributed by atoms with Crippen molar-refractivity contribution in [2.75, 3.05) is 5.32 Å². The highest BCUT2D eigenvalue weighted by molar-refractivity contribution is 7.12. The predicted molar refractivity (Wildman–Crippen MR) is 119 cm³/mol. The van der Waals surface area contributed by atoms with Crippen LogP contribution in [0, 0.1) is 6.92 Å². The average Bonchev–Trinajstić information content (AvgIpc) is 3.39. The van der Waals surface area contributed by atoms with E-state index in [2.05, 4.69) is 15.4 Å². The number of hydrogen-bond donors (Lipinski definition) is 1. The Morgan fingerprint density at radius 3 is 2.14 bits per heavy atom. The molecule has 2 aromatic heterocycles. The molecule has 0 aliphatic heterocycles. The number of aryl methyl sites for hydroxylation is 1. The Labute approximate surface area is 203 Å². The molecule has 4 rings (SSSR count). The van der Waals surface area contributed by atoms with E-state index in [4.69, 9.17) is 11.6 Å². The predicted octanol–water partition coefficient (Wildman–Crippen LogP) is 7.25. The Balaban J connectivity index is 1.67. The van der Waals surface area contributed by atoms with Crippen LogP contribution < -0.4 is 5.32 Å². The number of benzene rings is 2. The zero-order valence-corrected chi connectivity index (χ0v) is 19.1. The minimum absolute atomic E-state index is 0.0236. The number of carbonyl (C=O) groups is 1. The molecule has 0 fully saturated rings. The number of nitrogens with zero attached hydrogens (tertiary/aromatic N) is 3. The summed E-state index contributed by atoms with van der Waals surface area (Å²) in [6.07, 6.45) is -10.2. The van der Waals surface area contributed by atoms with E-state index in [1.54, 1.807) is 36.6 Å². The average molecular weight is 531 g/mol. The Morgan fingerprint density at radius 2 is 1.57 bits per heavy atom. The number of carbonyl (C=O) groups excluding carboxylic acids is 1. The zero-order valence-electron chi connectivity index (χ0n) is 17.5. The van der Waals surface area contributed by atoms with E-state index < -0.39 is 35.0 Å². The summed E-state index contributed by atoms with van der Waals surface area (Å²) < 4.78 is 80.2. The molecule has 35 heavy (non-hydrogen) atoms. The number of rotatable bonds is 4. The van der Waals surface area contributed by atoms with Crippen molar-refractivity contribution in [2.45, 2.75) is 19.3 Å². The molecule has 5 nitrogen and oxygen atoms in total. The number of amides is 1. The summed E-state index contributed by atoms with van der Waals surface area (Å²) in [5.74, 6) is -1.15. The van der Waals surface area contributed by atoms with Crippen molar-refractivity contribution in [3.8, 4) is 16.4 Å². The molecular weight excluding hydrogens is 518 g/mol. The van der Waals surface area contributed by atoms with Gasteiger partial charge in [-0.15, -0.1) is 11.3 Å². The van der Waals surface area contributed by atoms with Crippen molar-refractivity contribution in [1.29, 1.82) is 0 Å². The molecule has 1 amide bonds. The van der Waals surface area contributed by atoms with Gasteiger partial charge in [-0.25, -0.2) is 4.98 Å². The van der Waals surface area contributed by atoms with Gasteiger partial charge in [-0.3, -0.25) is 4.79 Å². The van der Waals surface area contributed by atoms with Gasteiger partial charge in [-0.05, 0) is 37.3 Å². The first-order valence-corrected chi connectivity index (χ1v) is 11.0. The summed E-state index contributed by atoms with van der Waals surface area (Å²) in [4.78, 5) is 17.2. The Hall–Kier alpha value is -3.38. The lowest BCUT2D eigenvalue weighted by Gasteiger charge is -2.14. The topological polar surface area (TPSA) is 59.8 Å². The molecule has 0 saturated heterocycles. The first-order valence-electron chi connectivity index (χ1n) is 9.70. The fraction of sp³-hybridized carbons (Fsp3) is 0.136. The molecular formula is C22H13ClF6N4OS. The highest BCUT2D eigenvalue weighted by Gasteiger charge is 2.37. The quantitative estimate of drug-likeness (QED) is 0.283. The van der Waals surface area contributed by atoms with Gasteiger partial charge in [0.05, 0.1) is 22.5 Å². The monoisotopic (exact) mass is 530 g/mol. The van der Waals surface area contributed by atoms with Crippen LogP contribution in [0.15, 0.2) is 53.9 Å². The second-order valence-corrected chi connectivity index (χ2v) is 8.63. The molecule has 0 atom stereocenters. The van der Waals surface area contributed by atoms with Crippen LogP contribution in [0.25, 0.3) is 16.4 Å². The number of hydrogen-bond acceptors (Lipinski definition) is 4. The lowest BCUT2D eigenvalue weighted by Crippen LogP contribution is -2.18.